The average molecular weight is 326 g/mol. The Kier molecular flexibility index (Phi) is 4.58. The number of hydrogen-bond acceptors (Lipinski definition) is 6. The van der Waals surface area contributed by atoms with E-state index in [2.05, 4.69) is 11.1 Å². The van der Waals surface area contributed by atoms with Crippen LogP contribution in [0.5, 0.6) is 0 Å². The zero-order valence-electron chi connectivity index (χ0n) is 13.4. The van der Waals surface area contributed by atoms with E-state index in [4.69, 9.17) is 4.74 Å². The first-order chi connectivity index (χ1) is 11.6. The van der Waals surface area contributed by atoms with Crippen molar-refractivity contribution < 1.29 is 9.66 Å². The minimum Gasteiger partial charge on any atom is -0.381 e. The third kappa shape index (κ3) is 3.29. The van der Waals surface area contributed by atoms with Crippen LogP contribution < -0.4 is 4.90 Å². The maximum Gasteiger partial charge on any atom is 0.270 e. The molecule has 124 valence electrons. The van der Waals surface area contributed by atoms with Gasteiger partial charge in [-0.25, -0.2) is 4.98 Å². The van der Waals surface area contributed by atoms with Gasteiger partial charge in [0.15, 0.2) is 0 Å². The van der Waals surface area contributed by atoms with Gasteiger partial charge in [-0.3, -0.25) is 10.1 Å². The lowest BCUT2D eigenvalue weighted by Gasteiger charge is -2.28. The maximum atomic E-state index is 10.9. The number of pyridine rings is 1. The molecule has 1 aromatic carbocycles. The van der Waals surface area contributed by atoms with Crippen molar-refractivity contribution in [3.63, 3.8) is 0 Å². The van der Waals surface area contributed by atoms with E-state index in [0.29, 0.717) is 28.2 Å². The molecule has 0 aliphatic carbocycles. The van der Waals surface area contributed by atoms with Gasteiger partial charge in [0.25, 0.3) is 5.69 Å². The van der Waals surface area contributed by atoms with Crippen LogP contribution in [0.25, 0.3) is 10.9 Å². The van der Waals surface area contributed by atoms with Crippen LogP contribution in [0, 0.1) is 27.4 Å². The Balaban J connectivity index is 1.92. The lowest BCUT2D eigenvalue weighted by Crippen LogP contribution is -2.31. The zero-order valence-corrected chi connectivity index (χ0v) is 13.4. The Bertz CT molecular complexity index is 809. The minimum absolute atomic E-state index is 0.0405. The molecular formula is C17H18N4O3. The molecule has 0 radical (unpaired) electrons. The Morgan fingerprint density at radius 2 is 2.33 bits per heavy atom. The summed E-state index contributed by atoms with van der Waals surface area (Å²) in [6, 6.07) is 8.22. The molecule has 1 fully saturated rings. The zero-order chi connectivity index (χ0) is 17.1. The van der Waals surface area contributed by atoms with E-state index >= 15 is 0 Å². The number of fused-ring (bicyclic) bond motifs is 1. The number of non-ortho nitro benzene ring substituents is 1. The highest BCUT2D eigenvalue weighted by Gasteiger charge is 2.18. The van der Waals surface area contributed by atoms with Gasteiger partial charge >= 0.3 is 0 Å². The summed E-state index contributed by atoms with van der Waals surface area (Å²) in [7, 11) is 1.94. The van der Waals surface area contributed by atoms with Gasteiger partial charge in [-0.1, -0.05) is 0 Å². The molecule has 1 aliphatic heterocycles. The molecular weight excluding hydrogens is 308 g/mol. The molecule has 7 nitrogen and oxygen atoms in total. The summed E-state index contributed by atoms with van der Waals surface area (Å²) >= 11 is 0. The summed E-state index contributed by atoms with van der Waals surface area (Å²) in [4.78, 5) is 17.0. The molecule has 1 aliphatic rings. The van der Waals surface area contributed by atoms with Gasteiger partial charge in [0.2, 0.25) is 0 Å². The van der Waals surface area contributed by atoms with Crippen molar-refractivity contribution in [2.24, 2.45) is 5.92 Å². The van der Waals surface area contributed by atoms with E-state index in [1.165, 1.54) is 12.1 Å². The van der Waals surface area contributed by atoms with E-state index < -0.39 is 4.92 Å². The van der Waals surface area contributed by atoms with Crippen molar-refractivity contribution in [3.05, 3.63) is 39.9 Å². The fraction of sp³-hybridized carbons (Fsp3) is 0.412. The average Bonchev–Trinajstić information content (AvgIpc) is 2.61. The van der Waals surface area contributed by atoms with E-state index in [-0.39, 0.29) is 5.69 Å². The first-order valence-electron chi connectivity index (χ1n) is 7.86. The standard InChI is InChI=1S/C17H18N4O3/c1-20(10-12-3-2-6-24-11-12)17-7-13(9-18)15-8-14(21(22)23)4-5-16(15)19-17/h4-5,7-8,12H,2-3,6,10-11H2,1H3. The third-order valence-corrected chi connectivity index (χ3v) is 4.29. The molecule has 1 aromatic heterocycles. The van der Waals surface area contributed by atoms with Crippen LogP contribution in [0.4, 0.5) is 11.5 Å². The number of nitriles is 1. The number of benzene rings is 1. The van der Waals surface area contributed by atoms with Gasteiger partial charge in [0, 0.05) is 37.7 Å². The number of nitrogens with zero attached hydrogens (tertiary/aromatic N) is 4. The smallest absolute Gasteiger partial charge is 0.270 e. The van der Waals surface area contributed by atoms with Crippen LogP contribution in [0.3, 0.4) is 0 Å². The van der Waals surface area contributed by atoms with Crippen LogP contribution in [-0.4, -0.2) is 36.7 Å². The Labute approximate surface area is 139 Å². The Morgan fingerprint density at radius 1 is 1.50 bits per heavy atom. The summed E-state index contributed by atoms with van der Waals surface area (Å²) in [5.74, 6) is 1.14. The molecule has 2 heterocycles. The molecule has 1 atom stereocenters. The highest BCUT2D eigenvalue weighted by molar-refractivity contribution is 5.88. The summed E-state index contributed by atoms with van der Waals surface area (Å²) in [6.07, 6.45) is 2.19. The number of anilines is 1. The fourth-order valence-electron chi connectivity index (χ4n) is 3.03. The van der Waals surface area contributed by atoms with Crippen molar-refractivity contribution in [3.8, 4) is 6.07 Å². The first-order valence-corrected chi connectivity index (χ1v) is 7.86. The molecule has 1 unspecified atom stereocenters. The monoisotopic (exact) mass is 326 g/mol. The SMILES string of the molecule is CN(CC1CCCOC1)c1cc(C#N)c2cc([N+](=O)[O-])ccc2n1. The highest BCUT2D eigenvalue weighted by Crippen LogP contribution is 2.26. The fourth-order valence-corrected chi connectivity index (χ4v) is 3.03. The molecule has 7 heteroatoms. The lowest BCUT2D eigenvalue weighted by molar-refractivity contribution is -0.384. The van der Waals surface area contributed by atoms with Crippen LogP contribution in [-0.2, 0) is 4.74 Å². The van der Waals surface area contributed by atoms with E-state index in [1.807, 2.05) is 11.9 Å². The summed E-state index contributed by atoms with van der Waals surface area (Å²) in [6.45, 7) is 2.37. The molecule has 1 saturated heterocycles. The van der Waals surface area contributed by atoms with Gasteiger partial charge in [0.05, 0.1) is 28.7 Å². The number of nitro benzene ring substituents is 1. The predicted octanol–water partition coefficient (Wildman–Crippen LogP) is 2.88. The van der Waals surface area contributed by atoms with Crippen LogP contribution in [0.2, 0.25) is 0 Å². The molecule has 0 spiro atoms. The topological polar surface area (TPSA) is 92.3 Å². The van der Waals surface area contributed by atoms with Crippen molar-refractivity contribution in [1.29, 1.82) is 5.26 Å². The Hall–Kier alpha value is -2.72. The first kappa shape index (κ1) is 16.1. The summed E-state index contributed by atoms with van der Waals surface area (Å²) in [5.41, 5.74) is 0.938. The number of aromatic nitrogens is 1. The second-order valence-corrected chi connectivity index (χ2v) is 6.06. The van der Waals surface area contributed by atoms with Gasteiger partial charge in [0.1, 0.15) is 5.82 Å². The van der Waals surface area contributed by atoms with Crippen molar-refractivity contribution >= 4 is 22.4 Å². The van der Waals surface area contributed by atoms with Crippen molar-refractivity contribution in [2.45, 2.75) is 12.8 Å². The van der Waals surface area contributed by atoms with E-state index in [0.717, 1.165) is 32.6 Å². The summed E-state index contributed by atoms with van der Waals surface area (Å²) in [5, 5.41) is 20.8. The minimum atomic E-state index is -0.469. The second kappa shape index (κ2) is 6.81. The van der Waals surface area contributed by atoms with Crippen molar-refractivity contribution in [2.75, 3.05) is 31.7 Å². The normalized spacial score (nSPS) is 17.4. The number of nitro groups is 1. The maximum absolute atomic E-state index is 10.9. The highest BCUT2D eigenvalue weighted by atomic mass is 16.6. The van der Waals surface area contributed by atoms with Crippen LogP contribution >= 0.6 is 0 Å². The molecule has 0 bridgehead atoms. The van der Waals surface area contributed by atoms with Gasteiger partial charge in [-0.2, -0.15) is 5.26 Å². The van der Waals surface area contributed by atoms with Crippen molar-refractivity contribution in [1.82, 2.24) is 4.98 Å². The molecule has 2 aromatic rings. The molecule has 3 rings (SSSR count). The van der Waals surface area contributed by atoms with E-state index in [9.17, 15) is 15.4 Å². The molecule has 24 heavy (non-hydrogen) atoms. The van der Waals surface area contributed by atoms with Crippen LogP contribution in [0.15, 0.2) is 24.3 Å². The second-order valence-electron chi connectivity index (χ2n) is 6.06. The van der Waals surface area contributed by atoms with Gasteiger partial charge in [-0.15, -0.1) is 0 Å². The molecule has 0 N–H and O–H groups in total. The number of hydrogen-bond donors (Lipinski definition) is 0. The van der Waals surface area contributed by atoms with E-state index in [1.54, 1.807) is 12.1 Å². The predicted molar refractivity (Wildman–Crippen MR) is 89.9 cm³/mol. The lowest BCUT2D eigenvalue weighted by atomic mass is 10.0. The Morgan fingerprint density at radius 3 is 3.00 bits per heavy atom. The largest absolute Gasteiger partial charge is 0.381 e. The molecule has 0 amide bonds. The van der Waals surface area contributed by atoms with Gasteiger partial charge in [-0.05, 0) is 30.9 Å². The third-order valence-electron chi connectivity index (χ3n) is 4.29. The van der Waals surface area contributed by atoms with Gasteiger partial charge < -0.3 is 9.64 Å². The molecule has 0 saturated carbocycles. The number of ether oxygens (including phenoxy) is 1. The summed E-state index contributed by atoms with van der Waals surface area (Å²) < 4.78 is 5.51. The quantitative estimate of drug-likeness (QED) is 0.633. The number of rotatable bonds is 4. The van der Waals surface area contributed by atoms with Crippen LogP contribution in [0.1, 0.15) is 18.4 Å².